The highest BCUT2D eigenvalue weighted by atomic mass is 16.3. The minimum Gasteiger partial charge on any atom is -0.390 e. The molecular formula is C26H34N4O2. The summed E-state index contributed by atoms with van der Waals surface area (Å²) in [4.78, 5) is 25.0. The zero-order chi connectivity index (χ0) is 22.0. The number of carbonyl (C=O) groups excluding carboxylic acids is 1. The number of nitrogens with zero attached hydrogens (tertiary/aromatic N) is 3. The molecule has 5 aliphatic rings. The maximum absolute atomic E-state index is 13.2. The SMILES string of the molecule is Cc1ccc2nc(N3CCC(C(=O)NC4C5CC6CC4CC(O)(C6)C5)CC3)nc(C)c2c1. The number of hydrogen-bond donors (Lipinski definition) is 2. The van der Waals surface area contributed by atoms with Gasteiger partial charge in [0.15, 0.2) is 0 Å². The smallest absolute Gasteiger partial charge is 0.226 e. The maximum atomic E-state index is 13.2. The van der Waals surface area contributed by atoms with Crippen LogP contribution < -0.4 is 10.2 Å². The second-order valence-electron chi connectivity index (χ2n) is 11.1. The molecule has 1 aromatic heterocycles. The Balaban J connectivity index is 1.10. The van der Waals surface area contributed by atoms with Gasteiger partial charge in [0.05, 0.1) is 16.8 Å². The van der Waals surface area contributed by atoms with Crippen molar-refractivity contribution in [2.24, 2.45) is 23.7 Å². The average molecular weight is 435 g/mol. The number of rotatable bonds is 3. The van der Waals surface area contributed by atoms with Gasteiger partial charge in [-0.25, -0.2) is 9.97 Å². The Hall–Kier alpha value is -2.21. The van der Waals surface area contributed by atoms with Crippen LogP contribution in [0.1, 0.15) is 56.2 Å². The zero-order valence-electron chi connectivity index (χ0n) is 19.2. The molecule has 1 aliphatic heterocycles. The van der Waals surface area contributed by atoms with E-state index in [4.69, 9.17) is 9.97 Å². The standard InChI is InChI=1S/C26H34N4O2/c1-15-3-4-22-21(9-15)16(2)27-25(28-22)30-7-5-18(6-8-30)24(31)29-23-19-10-17-11-20(23)14-26(32,12-17)13-19/h3-4,9,17-20,23,32H,5-8,10-14H2,1-2H3,(H,29,31). The molecule has 1 amide bonds. The molecule has 2 unspecified atom stereocenters. The molecule has 1 saturated heterocycles. The Morgan fingerprint density at radius 2 is 1.81 bits per heavy atom. The van der Waals surface area contributed by atoms with Crippen LogP contribution in [0.2, 0.25) is 0 Å². The first kappa shape index (κ1) is 20.4. The number of aryl methyl sites for hydroxylation is 2. The lowest BCUT2D eigenvalue weighted by molar-refractivity contribution is -0.148. The summed E-state index contributed by atoms with van der Waals surface area (Å²) >= 11 is 0. The van der Waals surface area contributed by atoms with Gasteiger partial charge in [-0.05, 0) is 88.7 Å². The minimum absolute atomic E-state index is 0.0655. The van der Waals surface area contributed by atoms with Crippen molar-refractivity contribution < 1.29 is 9.90 Å². The molecule has 4 saturated carbocycles. The Kier molecular flexibility index (Phi) is 4.72. The highest BCUT2D eigenvalue weighted by Crippen LogP contribution is 2.55. The number of aliphatic hydroxyl groups is 1. The summed E-state index contributed by atoms with van der Waals surface area (Å²) in [6.07, 6.45) is 6.78. The van der Waals surface area contributed by atoms with Gasteiger partial charge in [-0.3, -0.25) is 4.79 Å². The monoisotopic (exact) mass is 434 g/mol. The highest BCUT2D eigenvalue weighted by molar-refractivity contribution is 5.82. The zero-order valence-corrected chi connectivity index (χ0v) is 19.2. The van der Waals surface area contributed by atoms with E-state index in [0.29, 0.717) is 17.8 Å². The van der Waals surface area contributed by atoms with Gasteiger partial charge in [0, 0.05) is 30.4 Å². The van der Waals surface area contributed by atoms with Gasteiger partial charge in [0.2, 0.25) is 11.9 Å². The van der Waals surface area contributed by atoms with E-state index >= 15 is 0 Å². The Labute approximate surface area is 189 Å². The van der Waals surface area contributed by atoms with Crippen molar-refractivity contribution in [1.29, 1.82) is 0 Å². The fourth-order valence-electron chi connectivity index (χ4n) is 7.36. The van der Waals surface area contributed by atoms with E-state index in [9.17, 15) is 9.90 Å². The number of nitrogens with one attached hydrogen (secondary N) is 1. The van der Waals surface area contributed by atoms with Crippen molar-refractivity contribution >= 4 is 22.8 Å². The quantitative estimate of drug-likeness (QED) is 0.773. The van der Waals surface area contributed by atoms with Gasteiger partial charge in [-0.1, -0.05) is 11.6 Å². The predicted molar refractivity (Wildman–Crippen MR) is 124 cm³/mol. The number of fused-ring (bicyclic) bond motifs is 1. The summed E-state index contributed by atoms with van der Waals surface area (Å²) in [6, 6.07) is 6.59. The number of benzene rings is 1. The lowest BCUT2D eigenvalue weighted by atomic mass is 9.52. The van der Waals surface area contributed by atoms with Crippen LogP contribution in [0.5, 0.6) is 0 Å². The van der Waals surface area contributed by atoms with Crippen LogP contribution in [0, 0.1) is 37.5 Å². The van der Waals surface area contributed by atoms with E-state index in [-0.39, 0.29) is 17.9 Å². The van der Waals surface area contributed by atoms with Crippen LogP contribution in [0.4, 0.5) is 5.95 Å². The van der Waals surface area contributed by atoms with E-state index in [1.165, 1.54) is 18.4 Å². The number of hydrogen-bond acceptors (Lipinski definition) is 5. The Bertz CT molecular complexity index is 1050. The minimum atomic E-state index is -0.445. The third kappa shape index (κ3) is 3.47. The van der Waals surface area contributed by atoms with Crippen LogP contribution in [0.25, 0.3) is 10.9 Å². The molecule has 4 aliphatic carbocycles. The third-order valence-electron chi connectivity index (χ3n) is 8.73. The van der Waals surface area contributed by atoms with Gasteiger partial charge in [0.1, 0.15) is 0 Å². The molecule has 0 radical (unpaired) electrons. The average Bonchev–Trinajstić information content (AvgIpc) is 2.75. The fourth-order valence-corrected chi connectivity index (χ4v) is 7.36. The van der Waals surface area contributed by atoms with Crippen LogP contribution >= 0.6 is 0 Å². The first-order valence-electron chi connectivity index (χ1n) is 12.4. The van der Waals surface area contributed by atoms with E-state index in [1.54, 1.807) is 0 Å². The summed E-state index contributed by atoms with van der Waals surface area (Å²) in [5, 5.41) is 15.4. The van der Waals surface area contributed by atoms with Crippen molar-refractivity contribution in [2.45, 2.75) is 70.4 Å². The number of aromatic nitrogens is 2. The molecule has 6 nitrogen and oxygen atoms in total. The molecule has 6 heteroatoms. The van der Waals surface area contributed by atoms with E-state index in [1.807, 2.05) is 0 Å². The number of anilines is 1. The van der Waals surface area contributed by atoms with E-state index in [2.05, 4.69) is 42.3 Å². The van der Waals surface area contributed by atoms with E-state index in [0.717, 1.165) is 67.7 Å². The molecule has 7 rings (SSSR count). The second kappa shape index (κ2) is 7.41. The molecule has 0 spiro atoms. The number of piperidine rings is 1. The molecule has 5 fully saturated rings. The van der Waals surface area contributed by atoms with E-state index < -0.39 is 5.60 Å². The van der Waals surface area contributed by atoms with Crippen molar-refractivity contribution in [1.82, 2.24) is 15.3 Å². The largest absolute Gasteiger partial charge is 0.390 e. The number of carbonyl (C=O) groups is 1. The molecule has 2 aromatic rings. The van der Waals surface area contributed by atoms with Crippen LogP contribution in [-0.4, -0.2) is 45.7 Å². The molecule has 170 valence electrons. The van der Waals surface area contributed by atoms with Crippen LogP contribution in [0.3, 0.4) is 0 Å². The third-order valence-corrected chi connectivity index (χ3v) is 8.73. The summed E-state index contributed by atoms with van der Waals surface area (Å²) in [5.41, 5.74) is 2.77. The Morgan fingerprint density at radius 3 is 2.50 bits per heavy atom. The molecule has 2 heterocycles. The van der Waals surface area contributed by atoms with Crippen molar-refractivity contribution in [3.05, 3.63) is 29.5 Å². The van der Waals surface area contributed by atoms with Crippen molar-refractivity contribution in [3.8, 4) is 0 Å². The normalized spacial score (nSPS) is 34.3. The van der Waals surface area contributed by atoms with Crippen molar-refractivity contribution in [3.63, 3.8) is 0 Å². The van der Waals surface area contributed by atoms with Gasteiger partial charge >= 0.3 is 0 Å². The fraction of sp³-hybridized carbons (Fsp3) is 0.654. The van der Waals surface area contributed by atoms with Crippen molar-refractivity contribution in [2.75, 3.05) is 18.0 Å². The Morgan fingerprint density at radius 1 is 1.09 bits per heavy atom. The second-order valence-corrected chi connectivity index (χ2v) is 11.1. The molecule has 32 heavy (non-hydrogen) atoms. The first-order valence-corrected chi connectivity index (χ1v) is 12.4. The summed E-state index contributed by atoms with van der Waals surface area (Å²) in [5.74, 6) is 2.67. The van der Waals surface area contributed by atoms with Gasteiger partial charge in [-0.2, -0.15) is 0 Å². The lowest BCUT2D eigenvalue weighted by Gasteiger charge is -2.58. The van der Waals surface area contributed by atoms with Gasteiger partial charge < -0.3 is 15.3 Å². The summed E-state index contributed by atoms with van der Waals surface area (Å²) < 4.78 is 0. The predicted octanol–water partition coefficient (Wildman–Crippen LogP) is 3.52. The molecule has 2 atom stereocenters. The molecule has 2 N–H and O–H groups in total. The molecule has 1 aromatic carbocycles. The van der Waals surface area contributed by atoms with Gasteiger partial charge in [-0.15, -0.1) is 0 Å². The van der Waals surface area contributed by atoms with Crippen LogP contribution in [-0.2, 0) is 4.79 Å². The maximum Gasteiger partial charge on any atom is 0.226 e. The topological polar surface area (TPSA) is 78.4 Å². The summed E-state index contributed by atoms with van der Waals surface area (Å²) in [7, 11) is 0. The highest BCUT2D eigenvalue weighted by Gasteiger charge is 2.55. The lowest BCUT2D eigenvalue weighted by Crippen LogP contribution is -2.62. The molecule has 4 bridgehead atoms. The molecular weight excluding hydrogens is 400 g/mol. The van der Waals surface area contributed by atoms with Crippen LogP contribution in [0.15, 0.2) is 18.2 Å². The summed E-state index contributed by atoms with van der Waals surface area (Å²) in [6.45, 7) is 5.77. The first-order chi connectivity index (χ1) is 15.4. The van der Waals surface area contributed by atoms with Gasteiger partial charge in [0.25, 0.3) is 0 Å². The number of amides is 1.